The Bertz CT molecular complexity index is 449. The molecule has 1 aliphatic heterocycles. The maximum Gasteiger partial charge on any atom is 0.185 e. The largest absolute Gasteiger partial charge is 0.379 e. The van der Waals surface area contributed by atoms with Crippen molar-refractivity contribution in [2.45, 2.75) is 52.2 Å². The summed E-state index contributed by atoms with van der Waals surface area (Å²) in [5.41, 5.74) is 1.28. The fraction of sp³-hybridized carbons (Fsp3) is 0.812. The fourth-order valence-corrected chi connectivity index (χ4v) is 4.09. The molecule has 3 unspecified atom stereocenters. The average molecular weight is 311 g/mol. The molecule has 0 spiro atoms. The lowest BCUT2D eigenvalue weighted by Gasteiger charge is -2.36. The molecule has 2 heterocycles. The molecule has 0 saturated carbocycles. The van der Waals surface area contributed by atoms with Gasteiger partial charge in [-0.05, 0) is 31.7 Å². The van der Waals surface area contributed by atoms with Crippen molar-refractivity contribution in [1.82, 2.24) is 10.3 Å². The third-order valence-corrected chi connectivity index (χ3v) is 5.73. The summed E-state index contributed by atoms with van der Waals surface area (Å²) in [5.74, 6) is 1.16. The number of thiazole rings is 1. The summed E-state index contributed by atoms with van der Waals surface area (Å²) in [5, 5.41) is 4.44. The summed E-state index contributed by atoms with van der Waals surface area (Å²) in [7, 11) is 3.83. The second-order valence-electron chi connectivity index (χ2n) is 6.13. The van der Waals surface area contributed by atoms with Gasteiger partial charge in [0, 0.05) is 31.6 Å². The molecule has 120 valence electrons. The van der Waals surface area contributed by atoms with Crippen LogP contribution in [0.4, 0.5) is 5.13 Å². The zero-order valence-corrected chi connectivity index (χ0v) is 14.8. The molecule has 0 bridgehead atoms. The van der Waals surface area contributed by atoms with Crippen LogP contribution in [-0.2, 0) is 11.3 Å². The normalized spacial score (nSPS) is 24.3. The molecule has 0 amide bonds. The fourth-order valence-electron chi connectivity index (χ4n) is 2.87. The van der Waals surface area contributed by atoms with Gasteiger partial charge in [-0.1, -0.05) is 20.8 Å². The second-order valence-corrected chi connectivity index (χ2v) is 7.19. The number of rotatable bonds is 6. The van der Waals surface area contributed by atoms with E-state index in [0.717, 1.165) is 26.1 Å². The maximum atomic E-state index is 5.63. The molecule has 1 N–H and O–H groups in total. The highest BCUT2D eigenvalue weighted by Crippen LogP contribution is 2.34. The molecule has 1 fully saturated rings. The Balaban J connectivity index is 2.19. The van der Waals surface area contributed by atoms with Crippen molar-refractivity contribution in [3.63, 3.8) is 0 Å². The Morgan fingerprint density at radius 3 is 2.90 bits per heavy atom. The Morgan fingerprint density at radius 1 is 1.52 bits per heavy atom. The standard InChI is InChI=1S/C16H29N3OS/c1-6-11(2)15-14(9-17-4)21-16(18-15)19-8-7-12(3)13(10-19)20-5/h11-13,17H,6-10H2,1-5H3. The molecule has 2 rings (SSSR count). The maximum absolute atomic E-state index is 5.63. The number of hydrogen-bond acceptors (Lipinski definition) is 5. The number of hydrogen-bond donors (Lipinski definition) is 1. The van der Waals surface area contributed by atoms with Crippen LogP contribution in [0.3, 0.4) is 0 Å². The Morgan fingerprint density at radius 2 is 2.29 bits per heavy atom. The summed E-state index contributed by atoms with van der Waals surface area (Å²) in [6, 6.07) is 0. The Hall–Kier alpha value is -0.650. The van der Waals surface area contributed by atoms with E-state index in [0.29, 0.717) is 17.9 Å². The van der Waals surface area contributed by atoms with Gasteiger partial charge in [0.25, 0.3) is 0 Å². The molecule has 21 heavy (non-hydrogen) atoms. The lowest BCUT2D eigenvalue weighted by molar-refractivity contribution is 0.0498. The van der Waals surface area contributed by atoms with Gasteiger partial charge in [-0.25, -0.2) is 4.98 Å². The molecular weight excluding hydrogens is 282 g/mol. The van der Waals surface area contributed by atoms with Gasteiger partial charge in [-0.2, -0.15) is 0 Å². The predicted molar refractivity (Wildman–Crippen MR) is 90.4 cm³/mol. The highest BCUT2D eigenvalue weighted by Gasteiger charge is 2.28. The van der Waals surface area contributed by atoms with Crippen LogP contribution < -0.4 is 10.2 Å². The number of piperidine rings is 1. The van der Waals surface area contributed by atoms with Gasteiger partial charge in [0.15, 0.2) is 5.13 Å². The van der Waals surface area contributed by atoms with Gasteiger partial charge in [0.2, 0.25) is 0 Å². The van der Waals surface area contributed by atoms with Crippen molar-refractivity contribution in [2.24, 2.45) is 5.92 Å². The van der Waals surface area contributed by atoms with E-state index in [1.54, 1.807) is 0 Å². The SMILES string of the molecule is CCC(C)c1nc(N2CCC(C)C(OC)C2)sc1CNC. The van der Waals surface area contributed by atoms with Gasteiger partial charge < -0.3 is 15.0 Å². The Labute approximate surface area is 132 Å². The highest BCUT2D eigenvalue weighted by molar-refractivity contribution is 7.15. The summed E-state index contributed by atoms with van der Waals surface area (Å²) in [6.45, 7) is 9.75. The number of ether oxygens (including phenoxy) is 1. The predicted octanol–water partition coefficient (Wildman–Crippen LogP) is 3.24. The first kappa shape index (κ1) is 16.7. The molecule has 0 radical (unpaired) electrons. The van der Waals surface area contributed by atoms with E-state index in [2.05, 4.69) is 31.0 Å². The number of anilines is 1. The molecule has 3 atom stereocenters. The molecule has 1 aliphatic rings. The van der Waals surface area contributed by atoms with Crippen molar-refractivity contribution in [3.05, 3.63) is 10.6 Å². The minimum atomic E-state index is 0.322. The van der Waals surface area contributed by atoms with Gasteiger partial charge in [0.05, 0.1) is 11.8 Å². The lowest BCUT2D eigenvalue weighted by Crippen LogP contribution is -2.43. The van der Waals surface area contributed by atoms with Crippen LogP contribution in [0.1, 0.15) is 50.1 Å². The zero-order valence-electron chi connectivity index (χ0n) is 14.0. The van der Waals surface area contributed by atoms with E-state index in [4.69, 9.17) is 9.72 Å². The molecule has 1 aromatic rings. The number of methoxy groups -OCH3 is 1. The minimum absolute atomic E-state index is 0.322. The van der Waals surface area contributed by atoms with Crippen molar-refractivity contribution in [1.29, 1.82) is 0 Å². The third kappa shape index (κ3) is 3.76. The van der Waals surface area contributed by atoms with Gasteiger partial charge >= 0.3 is 0 Å². The topological polar surface area (TPSA) is 37.4 Å². The number of aromatic nitrogens is 1. The number of nitrogens with one attached hydrogen (secondary N) is 1. The van der Waals surface area contributed by atoms with Crippen molar-refractivity contribution in [2.75, 3.05) is 32.1 Å². The molecule has 0 aromatic carbocycles. The van der Waals surface area contributed by atoms with Crippen LogP contribution in [0.2, 0.25) is 0 Å². The summed E-state index contributed by atoms with van der Waals surface area (Å²) in [6.07, 6.45) is 2.64. The number of nitrogens with zero attached hydrogens (tertiary/aromatic N) is 2. The van der Waals surface area contributed by atoms with Gasteiger partial charge in [-0.15, -0.1) is 11.3 Å². The zero-order chi connectivity index (χ0) is 15.4. The van der Waals surface area contributed by atoms with Crippen molar-refractivity contribution < 1.29 is 4.74 Å². The van der Waals surface area contributed by atoms with Gasteiger partial charge in [0.1, 0.15) is 0 Å². The van der Waals surface area contributed by atoms with E-state index in [1.165, 1.54) is 22.1 Å². The average Bonchev–Trinajstić information content (AvgIpc) is 2.91. The highest BCUT2D eigenvalue weighted by atomic mass is 32.1. The molecule has 1 saturated heterocycles. The summed E-state index contributed by atoms with van der Waals surface area (Å²) < 4.78 is 5.63. The lowest BCUT2D eigenvalue weighted by atomic mass is 9.96. The van der Waals surface area contributed by atoms with E-state index in [-0.39, 0.29) is 0 Å². The minimum Gasteiger partial charge on any atom is -0.379 e. The first-order chi connectivity index (χ1) is 10.1. The second kappa shape index (κ2) is 7.56. The van der Waals surface area contributed by atoms with Crippen LogP contribution in [0.5, 0.6) is 0 Å². The van der Waals surface area contributed by atoms with Crippen molar-refractivity contribution in [3.8, 4) is 0 Å². The van der Waals surface area contributed by atoms with Crippen LogP contribution in [0, 0.1) is 5.92 Å². The van der Waals surface area contributed by atoms with Crippen LogP contribution in [0.15, 0.2) is 0 Å². The van der Waals surface area contributed by atoms with Crippen LogP contribution in [0.25, 0.3) is 0 Å². The monoisotopic (exact) mass is 311 g/mol. The molecule has 4 nitrogen and oxygen atoms in total. The van der Waals surface area contributed by atoms with Crippen LogP contribution >= 0.6 is 11.3 Å². The van der Waals surface area contributed by atoms with E-state index < -0.39 is 0 Å². The van der Waals surface area contributed by atoms with Gasteiger partial charge in [-0.3, -0.25) is 0 Å². The molecular formula is C16H29N3OS. The first-order valence-electron chi connectivity index (χ1n) is 8.02. The third-order valence-electron chi connectivity index (χ3n) is 4.60. The quantitative estimate of drug-likeness (QED) is 0.875. The summed E-state index contributed by atoms with van der Waals surface area (Å²) in [4.78, 5) is 8.76. The molecule has 5 heteroatoms. The van der Waals surface area contributed by atoms with Crippen LogP contribution in [-0.4, -0.2) is 38.3 Å². The van der Waals surface area contributed by atoms with E-state index in [9.17, 15) is 0 Å². The van der Waals surface area contributed by atoms with E-state index >= 15 is 0 Å². The molecule has 1 aromatic heterocycles. The first-order valence-corrected chi connectivity index (χ1v) is 8.84. The smallest absolute Gasteiger partial charge is 0.185 e. The Kier molecular flexibility index (Phi) is 6.02. The van der Waals surface area contributed by atoms with E-state index in [1.807, 2.05) is 25.5 Å². The summed E-state index contributed by atoms with van der Waals surface area (Å²) >= 11 is 1.84. The molecule has 0 aliphatic carbocycles. The van der Waals surface area contributed by atoms with Crippen molar-refractivity contribution >= 4 is 16.5 Å².